The van der Waals surface area contributed by atoms with Crippen LogP contribution in [0.5, 0.6) is 0 Å². The molecule has 4 aromatic heterocycles. The highest BCUT2D eigenvalue weighted by Gasteiger charge is 2.31. The van der Waals surface area contributed by atoms with Gasteiger partial charge < -0.3 is 9.64 Å². The number of likely N-dealkylation sites (tertiary alicyclic amines) is 1. The number of benzene rings is 1. The topological polar surface area (TPSA) is 77.5 Å². The zero-order valence-electron chi connectivity index (χ0n) is 22.4. The molecule has 40 heavy (non-hydrogen) atoms. The van der Waals surface area contributed by atoms with Crippen molar-refractivity contribution < 1.29 is 9.53 Å². The van der Waals surface area contributed by atoms with Crippen LogP contribution in [0, 0.1) is 0 Å². The Hall–Kier alpha value is -3.88. The molecule has 0 aliphatic carbocycles. The summed E-state index contributed by atoms with van der Waals surface area (Å²) in [5.41, 5.74) is 4.97. The number of carbonyl (C=O) groups is 1. The van der Waals surface area contributed by atoms with Crippen LogP contribution in [0.3, 0.4) is 0 Å². The number of hydrogen-bond acceptors (Lipinski definition) is 5. The van der Waals surface area contributed by atoms with Crippen LogP contribution >= 0.6 is 23.2 Å². The Bertz CT molecular complexity index is 1760. The van der Waals surface area contributed by atoms with Crippen LogP contribution < -0.4 is 0 Å². The zero-order chi connectivity index (χ0) is 28.2. The van der Waals surface area contributed by atoms with Crippen molar-refractivity contribution in [2.45, 2.75) is 38.8 Å². The lowest BCUT2D eigenvalue weighted by Crippen LogP contribution is -2.35. The lowest BCUT2D eigenvalue weighted by atomic mass is 10.1. The average molecular weight is 576 g/mol. The van der Waals surface area contributed by atoms with Crippen molar-refractivity contribution in [1.82, 2.24) is 29.0 Å². The van der Waals surface area contributed by atoms with E-state index in [0.29, 0.717) is 34.4 Å². The molecular weight excluding hydrogens is 547 g/mol. The van der Waals surface area contributed by atoms with E-state index < -0.39 is 5.60 Å². The van der Waals surface area contributed by atoms with E-state index in [1.165, 1.54) is 0 Å². The Kier molecular flexibility index (Phi) is 6.55. The molecule has 5 aromatic rings. The van der Waals surface area contributed by atoms with Gasteiger partial charge in [-0.3, -0.25) is 14.1 Å². The van der Waals surface area contributed by atoms with Crippen molar-refractivity contribution in [3.05, 3.63) is 77.4 Å². The van der Waals surface area contributed by atoms with Crippen LogP contribution in [0.15, 0.2) is 61.7 Å². The molecular formula is C30H28Cl2N6O2. The van der Waals surface area contributed by atoms with Crippen molar-refractivity contribution in [1.29, 1.82) is 0 Å². The first-order valence-electron chi connectivity index (χ1n) is 13.0. The molecule has 1 saturated heterocycles. The minimum Gasteiger partial charge on any atom is -0.444 e. The minimum absolute atomic E-state index is 0.0757. The summed E-state index contributed by atoms with van der Waals surface area (Å²) in [6.07, 6.45) is 9.87. The van der Waals surface area contributed by atoms with E-state index in [-0.39, 0.29) is 12.1 Å². The molecule has 0 spiro atoms. The second-order valence-corrected chi connectivity index (χ2v) is 11.7. The maximum Gasteiger partial charge on any atom is 0.410 e. The van der Waals surface area contributed by atoms with Gasteiger partial charge in [0.15, 0.2) is 0 Å². The first kappa shape index (κ1) is 26.3. The van der Waals surface area contributed by atoms with Gasteiger partial charge >= 0.3 is 6.09 Å². The Morgan fingerprint density at radius 3 is 2.65 bits per heavy atom. The van der Waals surface area contributed by atoms with Gasteiger partial charge in [0.1, 0.15) is 11.2 Å². The predicted octanol–water partition coefficient (Wildman–Crippen LogP) is 7.54. The number of imidazole rings is 1. The largest absolute Gasteiger partial charge is 0.444 e. The van der Waals surface area contributed by atoms with E-state index in [0.717, 1.165) is 39.8 Å². The Morgan fingerprint density at radius 2 is 1.93 bits per heavy atom. The Labute approximate surface area is 241 Å². The molecule has 1 aromatic carbocycles. The van der Waals surface area contributed by atoms with Gasteiger partial charge in [0, 0.05) is 53.8 Å². The summed E-state index contributed by atoms with van der Waals surface area (Å²) < 4.78 is 9.44. The van der Waals surface area contributed by atoms with Crippen molar-refractivity contribution in [2.24, 2.45) is 0 Å². The number of amides is 1. The Balaban J connectivity index is 1.35. The fourth-order valence-electron chi connectivity index (χ4n) is 5.12. The molecule has 6 rings (SSSR count). The quantitative estimate of drug-likeness (QED) is 0.221. The van der Waals surface area contributed by atoms with Crippen LogP contribution in [-0.2, 0) is 4.74 Å². The van der Waals surface area contributed by atoms with Gasteiger partial charge in [0.2, 0.25) is 0 Å². The van der Waals surface area contributed by atoms with Gasteiger partial charge in [-0.1, -0.05) is 35.8 Å². The summed E-state index contributed by atoms with van der Waals surface area (Å²) in [6, 6.07) is 9.50. The maximum absolute atomic E-state index is 12.5. The van der Waals surface area contributed by atoms with Crippen LogP contribution in [0.1, 0.15) is 38.9 Å². The molecule has 1 atom stereocenters. The monoisotopic (exact) mass is 574 g/mol. The van der Waals surface area contributed by atoms with Gasteiger partial charge in [-0.25, -0.2) is 9.78 Å². The molecule has 1 fully saturated rings. The smallest absolute Gasteiger partial charge is 0.410 e. The number of nitrogens with zero attached hydrogens (tertiary/aromatic N) is 6. The molecule has 10 heteroatoms. The lowest BCUT2D eigenvalue weighted by Gasteiger charge is -2.24. The first-order chi connectivity index (χ1) is 19.1. The number of ether oxygens (including phenoxy) is 1. The lowest BCUT2D eigenvalue weighted by molar-refractivity contribution is 0.0288. The van der Waals surface area contributed by atoms with E-state index >= 15 is 0 Å². The van der Waals surface area contributed by atoms with Gasteiger partial charge in [0.25, 0.3) is 0 Å². The summed E-state index contributed by atoms with van der Waals surface area (Å²) in [4.78, 5) is 23.9. The number of halogens is 2. The second-order valence-electron chi connectivity index (χ2n) is 10.9. The Morgan fingerprint density at radius 1 is 1.15 bits per heavy atom. The number of fused-ring (bicyclic) bond motifs is 3. The van der Waals surface area contributed by atoms with E-state index in [1.807, 2.05) is 66.8 Å². The predicted molar refractivity (Wildman–Crippen MR) is 159 cm³/mol. The number of rotatable bonds is 4. The van der Waals surface area contributed by atoms with Crippen LogP contribution in [0.4, 0.5) is 4.79 Å². The molecule has 1 aliphatic rings. The second kappa shape index (κ2) is 9.94. The van der Waals surface area contributed by atoms with E-state index in [4.69, 9.17) is 37.9 Å². The molecule has 0 bridgehead atoms. The molecule has 8 nitrogen and oxygen atoms in total. The molecule has 0 saturated carbocycles. The third kappa shape index (κ3) is 4.71. The van der Waals surface area contributed by atoms with Gasteiger partial charge in [-0.15, -0.1) is 0 Å². The summed E-state index contributed by atoms with van der Waals surface area (Å²) >= 11 is 13.1. The van der Waals surface area contributed by atoms with Gasteiger partial charge in [-0.05, 0) is 57.5 Å². The van der Waals surface area contributed by atoms with Crippen molar-refractivity contribution in [2.75, 3.05) is 13.1 Å². The number of hydrogen-bond donors (Lipinski definition) is 0. The average Bonchev–Trinajstić information content (AvgIpc) is 3.65. The summed E-state index contributed by atoms with van der Waals surface area (Å²) in [7, 11) is 0. The molecule has 0 N–H and O–H groups in total. The third-order valence-electron chi connectivity index (χ3n) is 7.01. The van der Waals surface area contributed by atoms with E-state index in [9.17, 15) is 4.79 Å². The summed E-state index contributed by atoms with van der Waals surface area (Å²) in [6.45, 7) is 10.8. The fourth-order valence-corrected chi connectivity index (χ4v) is 5.69. The molecule has 5 heterocycles. The van der Waals surface area contributed by atoms with Gasteiger partial charge in [-0.2, -0.15) is 5.10 Å². The summed E-state index contributed by atoms with van der Waals surface area (Å²) in [5, 5.41) is 6.54. The van der Waals surface area contributed by atoms with Crippen LogP contribution in [-0.4, -0.2) is 53.8 Å². The highest BCUT2D eigenvalue weighted by Crippen LogP contribution is 2.38. The van der Waals surface area contributed by atoms with Crippen LogP contribution in [0.2, 0.25) is 10.0 Å². The van der Waals surface area contributed by atoms with E-state index in [2.05, 4.69) is 17.7 Å². The van der Waals surface area contributed by atoms with Crippen LogP contribution in [0.25, 0.3) is 45.0 Å². The fraction of sp³-hybridized carbons (Fsp3) is 0.267. The molecule has 1 amide bonds. The molecule has 0 unspecified atom stereocenters. The molecule has 1 aliphatic heterocycles. The highest BCUT2D eigenvalue weighted by molar-refractivity contribution is 6.39. The van der Waals surface area contributed by atoms with E-state index in [1.54, 1.807) is 23.1 Å². The first-order valence-corrected chi connectivity index (χ1v) is 13.8. The standard InChI is InChI=1S/C30H28Cl2N6O2/c1-5-25-27(26-22(31)7-6-8-23(26)32)35-28-21-13-18(14-33-24(21)10-12-37(25)28)19-15-34-38(16-19)20-9-11-36(17-20)29(39)40-30(2,3)4/h5-8,10,12-16,20H,1,9,11,17H2,2-4H3/t20-/m0/s1. The SMILES string of the molecule is C=Cc1c(-c2c(Cl)cccc2Cl)nc2c3cc(-c4cnn([C@H]5CCN(C(=O)OC(C)(C)C)C5)c4)cnc3ccn12. The van der Waals surface area contributed by atoms with Crippen molar-refractivity contribution >= 4 is 51.9 Å². The maximum atomic E-state index is 12.5. The van der Waals surface area contributed by atoms with Crippen molar-refractivity contribution in [3.63, 3.8) is 0 Å². The number of pyridine rings is 2. The third-order valence-corrected chi connectivity index (χ3v) is 7.64. The minimum atomic E-state index is -0.524. The van der Waals surface area contributed by atoms with Crippen molar-refractivity contribution in [3.8, 4) is 22.4 Å². The molecule has 0 radical (unpaired) electrons. The highest BCUT2D eigenvalue weighted by atomic mass is 35.5. The number of carbonyl (C=O) groups excluding carboxylic acids is 1. The zero-order valence-corrected chi connectivity index (χ0v) is 23.9. The molecule has 204 valence electrons. The normalized spacial score (nSPS) is 15.7. The van der Waals surface area contributed by atoms with Gasteiger partial charge in [0.05, 0.1) is 39.2 Å². The number of aromatic nitrogens is 5. The summed E-state index contributed by atoms with van der Waals surface area (Å²) in [5.74, 6) is 0.